The van der Waals surface area contributed by atoms with E-state index < -0.39 is 0 Å². The highest BCUT2D eigenvalue weighted by atomic mass is 16.4. The van der Waals surface area contributed by atoms with Crippen LogP contribution in [-0.4, -0.2) is 4.98 Å². The molecule has 4 rings (SSSR count). The van der Waals surface area contributed by atoms with E-state index in [-0.39, 0.29) is 11.4 Å². The molecule has 0 radical (unpaired) electrons. The zero-order valence-corrected chi connectivity index (χ0v) is 15.5. The first-order chi connectivity index (χ1) is 13.6. The van der Waals surface area contributed by atoms with Gasteiger partial charge in [0.25, 0.3) is 0 Å². The van der Waals surface area contributed by atoms with Crippen LogP contribution < -0.4 is 16.0 Å². The number of rotatable bonds is 5. The molecule has 0 spiro atoms. The van der Waals surface area contributed by atoms with Crippen LogP contribution in [0.5, 0.6) is 5.75 Å². The third-order valence-corrected chi connectivity index (χ3v) is 4.97. The lowest BCUT2D eigenvalue weighted by molar-refractivity contribution is -0.589. The van der Waals surface area contributed by atoms with E-state index in [2.05, 4.69) is 4.98 Å². The lowest BCUT2D eigenvalue weighted by Gasteiger charge is -2.16. The number of nitrogens with two attached hydrogens (primary N) is 1. The molecule has 0 fully saturated rings. The summed E-state index contributed by atoms with van der Waals surface area (Å²) in [4.78, 5) is 16.8. The van der Waals surface area contributed by atoms with E-state index in [0.29, 0.717) is 29.7 Å². The molecule has 2 heterocycles. The monoisotopic (exact) mass is 372 g/mol. The predicted octanol–water partition coefficient (Wildman–Crippen LogP) is 2.56. The number of hydrogen-bond donors (Lipinski definition) is 1. The Bertz CT molecular complexity index is 1170. The summed E-state index contributed by atoms with van der Waals surface area (Å²) in [5.74, 6) is -0.133. The maximum absolute atomic E-state index is 12.7. The van der Waals surface area contributed by atoms with Gasteiger partial charge in [-0.15, -0.1) is 0 Å². The molecule has 0 atom stereocenters. The molecule has 5 nitrogen and oxygen atoms in total. The fourth-order valence-corrected chi connectivity index (χ4v) is 3.41. The van der Waals surface area contributed by atoms with Crippen LogP contribution in [0.15, 0.2) is 76.2 Å². The van der Waals surface area contributed by atoms with Gasteiger partial charge < -0.3 is 14.8 Å². The van der Waals surface area contributed by atoms with Crippen molar-refractivity contribution in [2.75, 3.05) is 0 Å². The number of nitrogens with zero attached hydrogens (tertiary/aromatic N) is 1. The SMILES string of the molecule is Cc1c(Cc2ccccc2)c(=O)oc2c(C[NH2+]c3cccnc3)c([O-])ccc12. The Morgan fingerprint density at radius 3 is 2.61 bits per heavy atom. The molecule has 0 amide bonds. The van der Waals surface area contributed by atoms with Crippen LogP contribution in [-0.2, 0) is 13.0 Å². The van der Waals surface area contributed by atoms with E-state index in [1.165, 1.54) is 0 Å². The van der Waals surface area contributed by atoms with Crippen molar-refractivity contribution in [2.24, 2.45) is 0 Å². The molecular weight excluding hydrogens is 352 g/mol. The average Bonchev–Trinajstić information content (AvgIpc) is 2.72. The standard InChI is InChI=1S/C23H20N2O3/c1-15-18-9-10-21(26)20(14-25-17-8-5-11-24-13-17)22(18)28-23(27)19(15)12-16-6-3-2-4-7-16/h2-11,13,25-26H,12,14H2,1H3. The van der Waals surface area contributed by atoms with Crippen molar-refractivity contribution in [3.8, 4) is 5.75 Å². The molecule has 28 heavy (non-hydrogen) atoms. The summed E-state index contributed by atoms with van der Waals surface area (Å²) in [7, 11) is 0. The van der Waals surface area contributed by atoms with E-state index in [1.54, 1.807) is 24.5 Å². The molecule has 2 aromatic heterocycles. The first-order valence-corrected chi connectivity index (χ1v) is 9.16. The maximum Gasteiger partial charge on any atom is 0.340 e. The van der Waals surface area contributed by atoms with Gasteiger partial charge >= 0.3 is 5.63 Å². The lowest BCUT2D eigenvalue weighted by atomic mass is 9.98. The van der Waals surface area contributed by atoms with Gasteiger partial charge in [0, 0.05) is 35.2 Å². The zero-order chi connectivity index (χ0) is 19.5. The number of aromatic nitrogens is 1. The van der Waals surface area contributed by atoms with Crippen LogP contribution in [0.2, 0.25) is 0 Å². The van der Waals surface area contributed by atoms with Crippen LogP contribution in [0.3, 0.4) is 0 Å². The Hall–Kier alpha value is -3.44. The van der Waals surface area contributed by atoms with Gasteiger partial charge in [-0.3, -0.25) is 4.98 Å². The van der Waals surface area contributed by atoms with Gasteiger partial charge in [-0.25, -0.2) is 4.79 Å². The molecule has 2 aromatic carbocycles. The molecule has 0 saturated heterocycles. The van der Waals surface area contributed by atoms with Crippen LogP contribution in [0.25, 0.3) is 11.0 Å². The number of aryl methyl sites for hydroxylation is 1. The fraction of sp³-hybridized carbons (Fsp3) is 0.130. The molecule has 4 aromatic rings. The predicted molar refractivity (Wildman–Crippen MR) is 105 cm³/mol. The van der Waals surface area contributed by atoms with Crippen LogP contribution in [0, 0.1) is 6.92 Å². The van der Waals surface area contributed by atoms with Gasteiger partial charge in [0.05, 0.1) is 6.20 Å². The highest BCUT2D eigenvalue weighted by Gasteiger charge is 2.16. The largest absolute Gasteiger partial charge is 0.872 e. The molecule has 0 unspecified atom stereocenters. The van der Waals surface area contributed by atoms with Crippen molar-refractivity contribution in [1.82, 2.24) is 4.98 Å². The minimum Gasteiger partial charge on any atom is -0.872 e. The molecular formula is C23H20N2O3. The Kier molecular flexibility index (Phi) is 4.91. The van der Waals surface area contributed by atoms with Gasteiger partial charge in [0.2, 0.25) is 0 Å². The second-order valence-corrected chi connectivity index (χ2v) is 6.77. The zero-order valence-electron chi connectivity index (χ0n) is 15.5. The summed E-state index contributed by atoms with van der Waals surface area (Å²) >= 11 is 0. The summed E-state index contributed by atoms with van der Waals surface area (Å²) in [6.45, 7) is 2.29. The first-order valence-electron chi connectivity index (χ1n) is 9.16. The number of quaternary nitrogens is 1. The minimum absolute atomic E-state index is 0.133. The maximum atomic E-state index is 12.7. The summed E-state index contributed by atoms with van der Waals surface area (Å²) < 4.78 is 5.66. The molecule has 0 aliphatic heterocycles. The van der Waals surface area contributed by atoms with Crippen LogP contribution in [0.1, 0.15) is 22.3 Å². The molecule has 0 aliphatic carbocycles. The lowest BCUT2D eigenvalue weighted by Crippen LogP contribution is -2.76. The topological polar surface area (TPSA) is 82.8 Å². The summed E-state index contributed by atoms with van der Waals surface area (Å²) in [5, 5.41) is 15.2. The van der Waals surface area contributed by atoms with E-state index in [4.69, 9.17) is 4.42 Å². The number of fused-ring (bicyclic) bond motifs is 1. The molecule has 0 bridgehead atoms. The van der Waals surface area contributed by atoms with Gasteiger partial charge in [-0.1, -0.05) is 48.2 Å². The second kappa shape index (κ2) is 7.66. The van der Waals surface area contributed by atoms with Gasteiger partial charge in [0.1, 0.15) is 17.8 Å². The summed E-state index contributed by atoms with van der Waals surface area (Å²) in [5.41, 5.74) is 3.93. The number of hydrogen-bond acceptors (Lipinski definition) is 4. The summed E-state index contributed by atoms with van der Waals surface area (Å²) in [6, 6.07) is 16.9. The van der Waals surface area contributed by atoms with E-state index >= 15 is 0 Å². The van der Waals surface area contributed by atoms with E-state index in [9.17, 15) is 9.90 Å². The Morgan fingerprint density at radius 2 is 1.86 bits per heavy atom. The quantitative estimate of drug-likeness (QED) is 0.546. The highest BCUT2D eigenvalue weighted by Crippen LogP contribution is 2.28. The molecule has 5 heteroatoms. The van der Waals surface area contributed by atoms with E-state index in [0.717, 1.165) is 22.2 Å². The first kappa shape index (κ1) is 17.9. The van der Waals surface area contributed by atoms with Crippen molar-refractivity contribution >= 4 is 16.7 Å². The number of benzene rings is 2. The molecule has 2 N–H and O–H groups in total. The molecule has 0 saturated carbocycles. The van der Waals surface area contributed by atoms with Gasteiger partial charge in [-0.05, 0) is 24.1 Å². The molecule has 140 valence electrons. The van der Waals surface area contributed by atoms with Crippen molar-refractivity contribution in [1.29, 1.82) is 0 Å². The van der Waals surface area contributed by atoms with Crippen molar-refractivity contribution < 1.29 is 14.8 Å². The molecule has 0 aliphatic rings. The Balaban J connectivity index is 1.75. The third kappa shape index (κ3) is 3.52. The fourth-order valence-electron chi connectivity index (χ4n) is 3.41. The minimum atomic E-state index is -0.387. The average molecular weight is 372 g/mol. The smallest absolute Gasteiger partial charge is 0.340 e. The van der Waals surface area contributed by atoms with Crippen LogP contribution in [0.4, 0.5) is 5.69 Å². The van der Waals surface area contributed by atoms with Crippen LogP contribution >= 0.6 is 0 Å². The summed E-state index contributed by atoms with van der Waals surface area (Å²) in [6.07, 6.45) is 3.93. The van der Waals surface area contributed by atoms with Crippen molar-refractivity contribution in [3.05, 3.63) is 99.7 Å². The van der Waals surface area contributed by atoms with Crippen molar-refractivity contribution in [2.45, 2.75) is 19.9 Å². The van der Waals surface area contributed by atoms with Gasteiger partial charge in [0.15, 0.2) is 0 Å². The second-order valence-electron chi connectivity index (χ2n) is 6.77. The highest BCUT2D eigenvalue weighted by molar-refractivity contribution is 5.85. The Morgan fingerprint density at radius 1 is 1.04 bits per heavy atom. The normalized spacial score (nSPS) is 11.0. The number of pyridine rings is 1. The Labute approximate surface area is 162 Å². The van der Waals surface area contributed by atoms with E-state index in [1.807, 2.05) is 54.7 Å². The van der Waals surface area contributed by atoms with Gasteiger partial charge in [-0.2, -0.15) is 0 Å². The van der Waals surface area contributed by atoms with Crippen molar-refractivity contribution in [3.63, 3.8) is 0 Å². The third-order valence-electron chi connectivity index (χ3n) is 4.97.